The number of nitrogens with zero attached hydrogens (tertiary/aromatic N) is 1. The third-order valence-electron chi connectivity index (χ3n) is 0.848. The molecule has 2 aromatic heterocycles. The van der Waals surface area contributed by atoms with Gasteiger partial charge in [-0.05, 0) is 0 Å². The van der Waals surface area contributed by atoms with Crippen LogP contribution in [-0.4, -0.2) is 15.0 Å². The molecule has 0 atom stereocenters. The first kappa shape index (κ1) is 6.54. The minimum atomic E-state index is 0. The third-order valence-corrected chi connectivity index (χ3v) is 0.848. The van der Waals surface area contributed by atoms with Gasteiger partial charge >= 0.3 is 2.85 Å². The number of H-pyrrole nitrogens is 3. The summed E-state index contributed by atoms with van der Waals surface area (Å²) in [5, 5.41) is 0. The lowest BCUT2D eigenvalue weighted by Crippen LogP contribution is -1.87. The van der Waals surface area contributed by atoms with E-state index in [-0.39, 0.29) is 2.85 Å². The van der Waals surface area contributed by atoms with Crippen LogP contribution in [0.1, 0.15) is 2.85 Å². The van der Waals surface area contributed by atoms with E-state index in [1.54, 1.807) is 25.0 Å². The molecule has 0 aliphatic carbocycles. The van der Waals surface area contributed by atoms with Crippen LogP contribution < -0.4 is 4.98 Å². The molecule has 0 saturated carbocycles. The SMILES string of the molecule is [H+].[H+].c1c[nH+]c[nH]1.c1c[nH]cn1. The Labute approximate surface area is 61.3 Å². The molecule has 3 N–H and O–H groups in total. The van der Waals surface area contributed by atoms with Crippen LogP contribution in [0, 0.1) is 0 Å². The second kappa shape index (κ2) is 4.31. The Kier molecular flexibility index (Phi) is 2.82. The Morgan fingerprint density at radius 3 is 2.50 bits per heavy atom. The summed E-state index contributed by atoms with van der Waals surface area (Å²) in [5.41, 5.74) is 0. The number of rotatable bonds is 0. The zero-order chi connectivity index (χ0) is 7.07. The van der Waals surface area contributed by atoms with Crippen molar-refractivity contribution in [3.05, 3.63) is 37.4 Å². The summed E-state index contributed by atoms with van der Waals surface area (Å²) in [6.07, 6.45) is 10.5. The van der Waals surface area contributed by atoms with Gasteiger partial charge in [0.25, 0.3) is 0 Å². The zero-order valence-electron chi connectivity index (χ0n) is 7.41. The van der Waals surface area contributed by atoms with Gasteiger partial charge in [0.2, 0.25) is 6.33 Å². The normalized spacial score (nSPS) is 8.00. The van der Waals surface area contributed by atoms with Crippen molar-refractivity contribution in [3.8, 4) is 0 Å². The average molecular weight is 139 g/mol. The van der Waals surface area contributed by atoms with Gasteiger partial charge in [0.15, 0.2) is 0 Å². The van der Waals surface area contributed by atoms with Crippen LogP contribution >= 0.6 is 0 Å². The number of nitrogens with one attached hydrogen (secondary N) is 3. The standard InChI is InChI=1S/2C3H4N2/c2*1-2-5-3-4-1/h2*1-3H,(H,4,5)/p+3. The summed E-state index contributed by atoms with van der Waals surface area (Å²) < 4.78 is 0. The van der Waals surface area contributed by atoms with Gasteiger partial charge < -0.3 is 4.98 Å². The lowest BCUT2D eigenvalue weighted by atomic mass is 11.0. The zero-order valence-corrected chi connectivity index (χ0v) is 5.41. The van der Waals surface area contributed by atoms with E-state index in [0.717, 1.165) is 0 Å². The summed E-state index contributed by atoms with van der Waals surface area (Å²) in [6, 6.07) is 0. The van der Waals surface area contributed by atoms with Gasteiger partial charge in [-0.3, -0.25) is 9.97 Å². The Morgan fingerprint density at radius 2 is 2.30 bits per heavy atom. The predicted molar refractivity (Wildman–Crippen MR) is 38.2 cm³/mol. The monoisotopic (exact) mass is 139 g/mol. The molecule has 0 radical (unpaired) electrons. The van der Waals surface area contributed by atoms with Gasteiger partial charge in [0.05, 0.1) is 6.33 Å². The van der Waals surface area contributed by atoms with E-state index in [9.17, 15) is 0 Å². The minimum absolute atomic E-state index is 0. The number of hydrogen-bond donors (Lipinski definition) is 2. The number of aromatic amines is 3. The molecule has 0 saturated heterocycles. The fraction of sp³-hybridized carbons (Fsp3) is 0. The summed E-state index contributed by atoms with van der Waals surface area (Å²) >= 11 is 0. The lowest BCUT2D eigenvalue weighted by Gasteiger charge is -1.46. The Hall–Kier alpha value is -1.58. The van der Waals surface area contributed by atoms with E-state index in [1.165, 1.54) is 0 Å². The molecule has 4 nitrogen and oxygen atoms in total. The van der Waals surface area contributed by atoms with Crippen LogP contribution in [0.25, 0.3) is 0 Å². The summed E-state index contributed by atoms with van der Waals surface area (Å²) in [4.78, 5) is 12.0. The Balaban J connectivity index is 0. The van der Waals surface area contributed by atoms with Crippen molar-refractivity contribution >= 4 is 0 Å². The highest BCUT2D eigenvalue weighted by Gasteiger charge is 1.65. The highest BCUT2D eigenvalue weighted by atomic mass is 14.8. The van der Waals surface area contributed by atoms with Crippen molar-refractivity contribution < 1.29 is 7.84 Å². The van der Waals surface area contributed by atoms with E-state index >= 15 is 0 Å². The fourth-order valence-corrected chi connectivity index (χ4v) is 0.456. The first-order valence-electron chi connectivity index (χ1n) is 2.92. The van der Waals surface area contributed by atoms with E-state index < -0.39 is 0 Å². The summed E-state index contributed by atoms with van der Waals surface area (Å²) in [7, 11) is 0. The quantitative estimate of drug-likeness (QED) is 0.547. The Morgan fingerprint density at radius 1 is 1.30 bits per heavy atom. The molecule has 0 fully saturated rings. The van der Waals surface area contributed by atoms with E-state index in [0.29, 0.717) is 0 Å². The van der Waals surface area contributed by atoms with Crippen molar-refractivity contribution in [3.63, 3.8) is 0 Å². The molecular formula is C6H11N4+3. The topological polar surface area (TPSA) is 58.6 Å². The molecule has 0 aliphatic heterocycles. The summed E-state index contributed by atoms with van der Waals surface area (Å²) in [5.74, 6) is 0. The molecule has 52 valence electrons. The molecule has 0 aliphatic rings. The maximum Gasteiger partial charge on any atom is 1.00 e. The van der Waals surface area contributed by atoms with Crippen LogP contribution in [0.15, 0.2) is 37.4 Å². The van der Waals surface area contributed by atoms with Crippen LogP contribution in [0.5, 0.6) is 0 Å². The van der Waals surface area contributed by atoms with Crippen LogP contribution in [0.3, 0.4) is 0 Å². The molecule has 2 rings (SSSR count). The molecule has 10 heavy (non-hydrogen) atoms. The molecular weight excluding hydrogens is 128 g/mol. The van der Waals surface area contributed by atoms with E-state index in [1.807, 2.05) is 12.4 Å². The van der Waals surface area contributed by atoms with Crippen molar-refractivity contribution in [2.75, 3.05) is 0 Å². The van der Waals surface area contributed by atoms with Crippen LogP contribution in [0.2, 0.25) is 0 Å². The molecule has 2 aromatic rings. The van der Waals surface area contributed by atoms with Gasteiger partial charge in [0.1, 0.15) is 12.4 Å². The molecule has 4 heteroatoms. The molecule has 0 unspecified atom stereocenters. The maximum absolute atomic E-state index is 3.67. The first-order valence-corrected chi connectivity index (χ1v) is 2.92. The maximum atomic E-state index is 3.67. The van der Waals surface area contributed by atoms with Gasteiger partial charge in [-0.1, -0.05) is 0 Å². The third kappa shape index (κ3) is 2.66. The van der Waals surface area contributed by atoms with Crippen molar-refractivity contribution in [2.45, 2.75) is 0 Å². The van der Waals surface area contributed by atoms with Gasteiger partial charge in [-0.15, -0.1) is 0 Å². The van der Waals surface area contributed by atoms with Gasteiger partial charge in [0, 0.05) is 12.4 Å². The predicted octanol–water partition coefficient (Wildman–Crippen LogP) is 0.463. The van der Waals surface area contributed by atoms with Gasteiger partial charge in [-0.25, -0.2) is 4.98 Å². The largest absolute Gasteiger partial charge is 1.00 e. The number of aromatic nitrogens is 4. The minimum Gasteiger partial charge on any atom is -0.351 e. The molecule has 0 amide bonds. The smallest absolute Gasteiger partial charge is 0.351 e. The highest BCUT2D eigenvalue weighted by molar-refractivity contribution is 4.64. The fourth-order valence-electron chi connectivity index (χ4n) is 0.456. The van der Waals surface area contributed by atoms with E-state index in [2.05, 4.69) is 19.9 Å². The van der Waals surface area contributed by atoms with Crippen molar-refractivity contribution in [2.24, 2.45) is 0 Å². The Bertz CT molecular complexity index is 157. The second-order valence-electron chi connectivity index (χ2n) is 1.57. The molecule has 0 aromatic carbocycles. The van der Waals surface area contributed by atoms with Crippen LogP contribution in [-0.2, 0) is 0 Å². The number of hydrogen-bond acceptors (Lipinski definition) is 1. The summed E-state index contributed by atoms with van der Waals surface area (Å²) in [6.45, 7) is 0. The second-order valence-corrected chi connectivity index (χ2v) is 1.57. The number of imidazole rings is 2. The average Bonchev–Trinajstić information content (AvgIpc) is 2.67. The molecule has 0 bridgehead atoms. The molecule has 2 heterocycles. The first-order chi connectivity index (χ1) is 5.00. The lowest BCUT2D eigenvalue weighted by molar-refractivity contribution is -0.375. The van der Waals surface area contributed by atoms with Crippen molar-refractivity contribution in [1.29, 1.82) is 0 Å². The van der Waals surface area contributed by atoms with Gasteiger partial charge in [-0.2, -0.15) is 0 Å². The highest BCUT2D eigenvalue weighted by Crippen LogP contribution is 1.62. The molecule has 0 spiro atoms. The van der Waals surface area contributed by atoms with Crippen LogP contribution in [0.4, 0.5) is 0 Å². The van der Waals surface area contributed by atoms with Crippen molar-refractivity contribution in [1.82, 2.24) is 15.0 Å². The van der Waals surface area contributed by atoms with E-state index in [4.69, 9.17) is 0 Å².